The Balaban J connectivity index is 1.47. The number of ether oxygens (including phenoxy) is 1. The summed E-state index contributed by atoms with van der Waals surface area (Å²) in [6.07, 6.45) is 4.39. The number of aromatic nitrogens is 2. The quantitative estimate of drug-likeness (QED) is 0.326. The van der Waals surface area contributed by atoms with Crippen LogP contribution in [0.2, 0.25) is 5.02 Å². The van der Waals surface area contributed by atoms with Crippen LogP contribution in [-0.2, 0) is 13.2 Å². The van der Waals surface area contributed by atoms with Gasteiger partial charge in [0.05, 0.1) is 9.95 Å². The Kier molecular flexibility index (Phi) is 6.80. The van der Waals surface area contributed by atoms with Crippen molar-refractivity contribution in [3.05, 3.63) is 87.2 Å². The van der Waals surface area contributed by atoms with Crippen LogP contribution in [0.1, 0.15) is 22.3 Å². The Bertz CT molecular complexity index is 975. The summed E-state index contributed by atoms with van der Waals surface area (Å²) < 4.78 is 7.43. The van der Waals surface area contributed by atoms with Gasteiger partial charge in [-0.3, -0.25) is 19.6 Å². The standard InChI is InChI=1S/C20H19ClN4O4/c21-18-13-17(25(27)28)7-8-19(18)29-14-15-3-5-16(6-4-15)20(26)22-9-1-11-24-12-2-10-23-24/h2-8,10,12-13H,1,9,11,14H2,(H,22,26). The number of benzene rings is 2. The number of halogens is 1. The lowest BCUT2D eigenvalue weighted by molar-refractivity contribution is -0.384. The Morgan fingerprint density at radius 2 is 2.03 bits per heavy atom. The predicted molar refractivity (Wildman–Crippen MR) is 108 cm³/mol. The van der Waals surface area contributed by atoms with E-state index in [0.717, 1.165) is 18.5 Å². The minimum Gasteiger partial charge on any atom is -0.487 e. The van der Waals surface area contributed by atoms with Crippen molar-refractivity contribution < 1.29 is 14.5 Å². The van der Waals surface area contributed by atoms with E-state index >= 15 is 0 Å². The van der Waals surface area contributed by atoms with Crippen molar-refractivity contribution in [2.75, 3.05) is 6.54 Å². The lowest BCUT2D eigenvalue weighted by Gasteiger charge is -2.09. The number of amides is 1. The molecule has 1 aromatic heterocycles. The molecule has 0 bridgehead atoms. The van der Waals surface area contributed by atoms with E-state index < -0.39 is 4.92 Å². The van der Waals surface area contributed by atoms with Gasteiger partial charge in [0.15, 0.2) is 0 Å². The van der Waals surface area contributed by atoms with E-state index in [9.17, 15) is 14.9 Å². The molecular formula is C20H19ClN4O4. The second-order valence-corrected chi connectivity index (χ2v) is 6.64. The number of hydrogen-bond acceptors (Lipinski definition) is 5. The molecule has 0 saturated heterocycles. The molecule has 1 heterocycles. The maximum absolute atomic E-state index is 12.2. The van der Waals surface area contributed by atoms with Gasteiger partial charge in [0, 0.05) is 43.2 Å². The second kappa shape index (κ2) is 9.70. The zero-order valence-electron chi connectivity index (χ0n) is 15.5. The first-order chi connectivity index (χ1) is 14.0. The smallest absolute Gasteiger partial charge is 0.271 e. The molecule has 0 aliphatic heterocycles. The van der Waals surface area contributed by atoms with Gasteiger partial charge in [-0.1, -0.05) is 23.7 Å². The Labute approximate surface area is 172 Å². The molecule has 0 aliphatic rings. The zero-order chi connectivity index (χ0) is 20.6. The monoisotopic (exact) mass is 414 g/mol. The number of carbonyl (C=O) groups excluding carboxylic acids is 1. The molecule has 0 unspecified atom stereocenters. The maximum Gasteiger partial charge on any atom is 0.271 e. The third-order valence-electron chi connectivity index (χ3n) is 4.15. The third-order valence-corrected chi connectivity index (χ3v) is 4.44. The molecule has 0 fully saturated rings. The van der Waals surface area contributed by atoms with Crippen molar-refractivity contribution in [2.24, 2.45) is 0 Å². The minimum atomic E-state index is -0.517. The number of hydrogen-bond donors (Lipinski definition) is 1. The topological polar surface area (TPSA) is 99.3 Å². The van der Waals surface area contributed by atoms with E-state index in [0.29, 0.717) is 17.9 Å². The van der Waals surface area contributed by atoms with Gasteiger partial charge in [0.1, 0.15) is 12.4 Å². The van der Waals surface area contributed by atoms with Gasteiger partial charge in [-0.25, -0.2) is 0 Å². The molecule has 3 rings (SSSR count). The largest absolute Gasteiger partial charge is 0.487 e. The Morgan fingerprint density at radius 3 is 2.69 bits per heavy atom. The number of nitro benzene ring substituents is 1. The SMILES string of the molecule is O=C(NCCCn1cccn1)c1ccc(COc2ccc([N+](=O)[O-])cc2Cl)cc1. The van der Waals surface area contributed by atoms with Gasteiger partial charge in [-0.15, -0.1) is 0 Å². The normalized spacial score (nSPS) is 10.5. The van der Waals surface area contributed by atoms with Gasteiger partial charge in [-0.05, 0) is 36.2 Å². The fourth-order valence-corrected chi connectivity index (χ4v) is 2.84. The summed E-state index contributed by atoms with van der Waals surface area (Å²) in [6, 6.07) is 12.9. The minimum absolute atomic E-state index is 0.0951. The fourth-order valence-electron chi connectivity index (χ4n) is 2.61. The predicted octanol–water partition coefficient (Wildman–Crippen LogP) is 3.84. The second-order valence-electron chi connectivity index (χ2n) is 6.24. The van der Waals surface area contributed by atoms with E-state index in [-0.39, 0.29) is 23.2 Å². The number of nitrogens with zero attached hydrogens (tertiary/aromatic N) is 3. The third kappa shape index (κ3) is 5.79. The van der Waals surface area contributed by atoms with Gasteiger partial charge in [0.25, 0.3) is 11.6 Å². The van der Waals surface area contributed by atoms with Crippen LogP contribution in [-0.4, -0.2) is 27.2 Å². The number of nitrogens with one attached hydrogen (secondary N) is 1. The van der Waals surface area contributed by atoms with Crippen molar-refractivity contribution >= 4 is 23.2 Å². The Hall–Kier alpha value is -3.39. The van der Waals surface area contributed by atoms with E-state index in [1.807, 2.05) is 16.9 Å². The van der Waals surface area contributed by atoms with E-state index in [4.69, 9.17) is 16.3 Å². The zero-order valence-corrected chi connectivity index (χ0v) is 16.2. The molecule has 8 nitrogen and oxygen atoms in total. The number of non-ortho nitro benzene ring substituents is 1. The Morgan fingerprint density at radius 1 is 1.24 bits per heavy atom. The first-order valence-electron chi connectivity index (χ1n) is 8.94. The summed E-state index contributed by atoms with van der Waals surface area (Å²) in [5, 5.41) is 17.9. The average Bonchev–Trinajstić information content (AvgIpc) is 3.24. The summed E-state index contributed by atoms with van der Waals surface area (Å²) in [4.78, 5) is 22.4. The summed E-state index contributed by atoms with van der Waals surface area (Å²) in [7, 11) is 0. The summed E-state index contributed by atoms with van der Waals surface area (Å²) in [6.45, 7) is 1.53. The lowest BCUT2D eigenvalue weighted by atomic mass is 10.1. The molecule has 3 aromatic rings. The molecule has 0 spiro atoms. The van der Waals surface area contributed by atoms with Crippen molar-refractivity contribution in [2.45, 2.75) is 19.6 Å². The lowest BCUT2D eigenvalue weighted by Crippen LogP contribution is -2.25. The molecule has 0 radical (unpaired) electrons. The summed E-state index contributed by atoms with van der Waals surface area (Å²) >= 11 is 6.01. The van der Waals surface area contributed by atoms with Crippen LogP contribution in [0.5, 0.6) is 5.75 Å². The maximum atomic E-state index is 12.2. The van der Waals surface area contributed by atoms with E-state index in [1.165, 1.54) is 18.2 Å². The first kappa shape index (κ1) is 20.3. The van der Waals surface area contributed by atoms with Crippen LogP contribution < -0.4 is 10.1 Å². The molecule has 150 valence electrons. The molecule has 9 heteroatoms. The molecule has 0 aliphatic carbocycles. The number of carbonyl (C=O) groups is 1. The van der Waals surface area contributed by atoms with Crippen LogP contribution in [0.4, 0.5) is 5.69 Å². The molecule has 0 saturated carbocycles. The highest BCUT2D eigenvalue weighted by Crippen LogP contribution is 2.29. The molecular weight excluding hydrogens is 396 g/mol. The van der Waals surface area contributed by atoms with Crippen molar-refractivity contribution in [3.63, 3.8) is 0 Å². The highest BCUT2D eigenvalue weighted by atomic mass is 35.5. The summed E-state index contributed by atoms with van der Waals surface area (Å²) in [5.41, 5.74) is 1.30. The van der Waals surface area contributed by atoms with Gasteiger partial charge in [0.2, 0.25) is 0 Å². The molecule has 0 atom stereocenters. The van der Waals surface area contributed by atoms with Crippen LogP contribution in [0.25, 0.3) is 0 Å². The van der Waals surface area contributed by atoms with Gasteiger partial charge in [-0.2, -0.15) is 5.10 Å². The van der Waals surface area contributed by atoms with Crippen molar-refractivity contribution in [1.82, 2.24) is 15.1 Å². The average molecular weight is 415 g/mol. The van der Waals surface area contributed by atoms with E-state index in [1.54, 1.807) is 30.5 Å². The van der Waals surface area contributed by atoms with Crippen LogP contribution in [0.3, 0.4) is 0 Å². The van der Waals surface area contributed by atoms with Gasteiger partial charge < -0.3 is 10.1 Å². The number of aryl methyl sites for hydroxylation is 1. The highest BCUT2D eigenvalue weighted by molar-refractivity contribution is 6.32. The molecule has 2 aromatic carbocycles. The van der Waals surface area contributed by atoms with Gasteiger partial charge >= 0.3 is 0 Å². The van der Waals surface area contributed by atoms with Crippen LogP contribution >= 0.6 is 11.6 Å². The molecule has 1 N–H and O–H groups in total. The van der Waals surface area contributed by atoms with E-state index in [2.05, 4.69) is 10.4 Å². The highest BCUT2D eigenvalue weighted by Gasteiger charge is 2.11. The van der Waals surface area contributed by atoms with Crippen molar-refractivity contribution in [1.29, 1.82) is 0 Å². The number of nitro groups is 1. The van der Waals surface area contributed by atoms with Crippen LogP contribution in [0.15, 0.2) is 60.9 Å². The first-order valence-corrected chi connectivity index (χ1v) is 9.32. The van der Waals surface area contributed by atoms with Crippen LogP contribution in [0, 0.1) is 10.1 Å². The van der Waals surface area contributed by atoms with Crippen molar-refractivity contribution in [3.8, 4) is 5.75 Å². The molecule has 1 amide bonds. The fraction of sp³-hybridized carbons (Fsp3) is 0.200. The number of rotatable bonds is 9. The summed E-state index contributed by atoms with van der Waals surface area (Å²) in [5.74, 6) is 0.215. The molecule has 29 heavy (non-hydrogen) atoms.